The molecule has 1 aromatic rings. The van der Waals surface area contributed by atoms with Crippen LogP contribution in [0.2, 0.25) is 0 Å². The van der Waals surface area contributed by atoms with Crippen molar-refractivity contribution >= 4 is 29.0 Å². The molecule has 0 aliphatic carbocycles. The van der Waals surface area contributed by atoms with Crippen molar-refractivity contribution in [1.29, 1.82) is 0 Å². The molecule has 0 N–H and O–H groups in total. The van der Waals surface area contributed by atoms with Gasteiger partial charge in [-0.05, 0) is 56.3 Å². The van der Waals surface area contributed by atoms with E-state index in [-0.39, 0.29) is 11.1 Å². The van der Waals surface area contributed by atoms with Gasteiger partial charge >= 0.3 is 0 Å². The third kappa shape index (κ3) is 3.42. The van der Waals surface area contributed by atoms with E-state index in [0.717, 1.165) is 48.8 Å². The Morgan fingerprint density at radius 3 is 2.68 bits per heavy atom. The minimum absolute atomic E-state index is 0.158. The van der Waals surface area contributed by atoms with Crippen molar-refractivity contribution in [3.63, 3.8) is 0 Å². The van der Waals surface area contributed by atoms with Crippen molar-refractivity contribution in [2.24, 2.45) is 0 Å². The molecule has 2 fully saturated rings. The number of rotatable bonds is 3. The Kier molecular flexibility index (Phi) is 4.64. The number of likely N-dealkylation sites (tertiary alicyclic amines) is 1. The van der Waals surface area contributed by atoms with Gasteiger partial charge in [0.15, 0.2) is 0 Å². The van der Waals surface area contributed by atoms with Gasteiger partial charge in [-0.1, -0.05) is 36.2 Å². The van der Waals surface area contributed by atoms with E-state index in [1.54, 1.807) is 0 Å². The summed E-state index contributed by atoms with van der Waals surface area (Å²) in [6.07, 6.45) is 5.35. The molecule has 22 heavy (non-hydrogen) atoms. The predicted molar refractivity (Wildman–Crippen MR) is 89.3 cm³/mol. The van der Waals surface area contributed by atoms with Gasteiger partial charge in [0.25, 0.3) is 11.1 Å². The highest BCUT2D eigenvalue weighted by atomic mass is 32.2. The zero-order valence-electron chi connectivity index (χ0n) is 12.7. The fraction of sp³-hybridized carbons (Fsp3) is 0.412. The maximum absolute atomic E-state index is 12.5. The third-order valence-corrected chi connectivity index (χ3v) is 4.91. The van der Waals surface area contributed by atoms with Gasteiger partial charge in [0.2, 0.25) is 0 Å². The van der Waals surface area contributed by atoms with Crippen LogP contribution in [0, 0.1) is 6.92 Å². The summed E-state index contributed by atoms with van der Waals surface area (Å²) in [5.74, 6) is -0.165. The molecule has 0 aromatic heterocycles. The van der Waals surface area contributed by atoms with Crippen molar-refractivity contribution < 1.29 is 9.59 Å². The molecule has 4 nitrogen and oxygen atoms in total. The number of aryl methyl sites for hydroxylation is 1. The zero-order chi connectivity index (χ0) is 15.5. The van der Waals surface area contributed by atoms with Crippen molar-refractivity contribution in [2.75, 3.05) is 19.8 Å². The van der Waals surface area contributed by atoms with Crippen LogP contribution in [0.1, 0.15) is 30.4 Å². The Hall–Kier alpha value is -1.59. The molecule has 2 amide bonds. The Balaban J connectivity index is 1.73. The Labute approximate surface area is 135 Å². The Bertz CT molecular complexity index is 621. The van der Waals surface area contributed by atoms with Gasteiger partial charge in [-0.2, -0.15) is 0 Å². The summed E-state index contributed by atoms with van der Waals surface area (Å²) < 4.78 is 0. The van der Waals surface area contributed by atoms with E-state index in [1.165, 1.54) is 11.3 Å². The van der Waals surface area contributed by atoms with Crippen LogP contribution >= 0.6 is 11.8 Å². The molecule has 2 heterocycles. The standard InChI is InChI=1S/C17H20N2O2S/c1-13-6-5-7-14(10-13)11-15-16(20)19(17(21)22-15)12-18-8-3-2-4-9-18/h5-7,10-11H,2-4,8-9,12H2,1H3. The number of benzene rings is 1. The monoisotopic (exact) mass is 316 g/mol. The first-order valence-corrected chi connectivity index (χ1v) is 8.49. The average molecular weight is 316 g/mol. The molecule has 5 heteroatoms. The molecular formula is C17H20N2O2S. The number of nitrogens with zero attached hydrogens (tertiary/aromatic N) is 2. The first-order valence-electron chi connectivity index (χ1n) is 7.68. The van der Waals surface area contributed by atoms with E-state index in [2.05, 4.69) is 4.90 Å². The molecule has 2 aliphatic rings. The summed E-state index contributed by atoms with van der Waals surface area (Å²) >= 11 is 1.04. The van der Waals surface area contributed by atoms with Crippen molar-refractivity contribution in [3.8, 4) is 0 Å². The molecular weight excluding hydrogens is 296 g/mol. The normalized spacial score (nSPS) is 21.9. The molecule has 0 saturated carbocycles. The van der Waals surface area contributed by atoms with Crippen LogP contribution in [0.3, 0.4) is 0 Å². The van der Waals surface area contributed by atoms with Crippen LogP contribution in [-0.2, 0) is 4.79 Å². The largest absolute Gasteiger partial charge is 0.294 e. The van der Waals surface area contributed by atoms with Crippen LogP contribution in [0.5, 0.6) is 0 Å². The second kappa shape index (κ2) is 6.67. The average Bonchev–Trinajstić information content (AvgIpc) is 2.76. The number of hydrogen-bond donors (Lipinski definition) is 0. The first kappa shape index (κ1) is 15.3. The van der Waals surface area contributed by atoms with Crippen LogP contribution in [0.4, 0.5) is 4.79 Å². The van der Waals surface area contributed by atoms with E-state index in [0.29, 0.717) is 11.6 Å². The van der Waals surface area contributed by atoms with Crippen LogP contribution < -0.4 is 0 Å². The van der Waals surface area contributed by atoms with Crippen molar-refractivity contribution in [2.45, 2.75) is 26.2 Å². The lowest BCUT2D eigenvalue weighted by atomic mass is 10.1. The second-order valence-electron chi connectivity index (χ2n) is 5.84. The smallest absolute Gasteiger partial charge is 0.286 e. The van der Waals surface area contributed by atoms with E-state index >= 15 is 0 Å². The Morgan fingerprint density at radius 1 is 1.18 bits per heavy atom. The molecule has 3 rings (SSSR count). The van der Waals surface area contributed by atoms with E-state index in [9.17, 15) is 9.59 Å². The number of hydrogen-bond acceptors (Lipinski definition) is 4. The number of amides is 2. The molecule has 0 spiro atoms. The molecule has 2 saturated heterocycles. The van der Waals surface area contributed by atoms with Crippen molar-refractivity contribution in [3.05, 3.63) is 40.3 Å². The lowest BCUT2D eigenvalue weighted by Gasteiger charge is -2.29. The first-order chi connectivity index (χ1) is 10.6. The van der Waals surface area contributed by atoms with Crippen molar-refractivity contribution in [1.82, 2.24) is 9.80 Å². The number of carbonyl (C=O) groups is 2. The Morgan fingerprint density at radius 2 is 1.95 bits per heavy atom. The summed E-state index contributed by atoms with van der Waals surface area (Å²) in [6, 6.07) is 7.93. The molecule has 116 valence electrons. The summed E-state index contributed by atoms with van der Waals surface area (Å²) in [5.41, 5.74) is 2.10. The quantitative estimate of drug-likeness (QED) is 0.801. The zero-order valence-corrected chi connectivity index (χ0v) is 13.6. The molecule has 1 aromatic carbocycles. The van der Waals surface area contributed by atoms with Gasteiger partial charge in [-0.25, -0.2) is 0 Å². The molecule has 0 bridgehead atoms. The number of imide groups is 1. The fourth-order valence-electron chi connectivity index (χ4n) is 2.83. The van der Waals surface area contributed by atoms with Gasteiger partial charge in [0.1, 0.15) is 0 Å². The molecule has 2 aliphatic heterocycles. The predicted octanol–water partition coefficient (Wildman–Crippen LogP) is 3.47. The summed E-state index contributed by atoms with van der Waals surface area (Å²) in [6.45, 7) is 4.38. The van der Waals surface area contributed by atoms with E-state index < -0.39 is 0 Å². The summed E-state index contributed by atoms with van der Waals surface area (Å²) in [5, 5.41) is -0.158. The van der Waals surface area contributed by atoms with Crippen LogP contribution in [0.15, 0.2) is 29.2 Å². The van der Waals surface area contributed by atoms with Gasteiger partial charge in [-0.3, -0.25) is 19.4 Å². The fourth-order valence-corrected chi connectivity index (χ4v) is 3.67. The van der Waals surface area contributed by atoms with Crippen LogP contribution in [0.25, 0.3) is 6.08 Å². The third-order valence-electron chi connectivity index (χ3n) is 4.00. The summed E-state index contributed by atoms with van der Waals surface area (Å²) in [4.78, 5) is 28.7. The topological polar surface area (TPSA) is 40.6 Å². The number of carbonyl (C=O) groups excluding carboxylic acids is 2. The van der Waals surface area contributed by atoms with Gasteiger partial charge in [0.05, 0.1) is 11.6 Å². The lowest BCUT2D eigenvalue weighted by molar-refractivity contribution is -0.124. The minimum Gasteiger partial charge on any atom is -0.286 e. The van der Waals surface area contributed by atoms with Gasteiger partial charge in [-0.15, -0.1) is 0 Å². The summed E-state index contributed by atoms with van der Waals surface area (Å²) in [7, 11) is 0. The molecule has 0 unspecified atom stereocenters. The molecule has 0 atom stereocenters. The lowest BCUT2D eigenvalue weighted by Crippen LogP contribution is -2.42. The van der Waals surface area contributed by atoms with Crippen LogP contribution in [-0.4, -0.2) is 40.7 Å². The van der Waals surface area contributed by atoms with Gasteiger partial charge < -0.3 is 0 Å². The van der Waals surface area contributed by atoms with E-state index in [1.807, 2.05) is 37.3 Å². The minimum atomic E-state index is -0.165. The number of thioether (sulfide) groups is 1. The maximum Gasteiger partial charge on any atom is 0.294 e. The molecule has 0 radical (unpaired) electrons. The highest BCUT2D eigenvalue weighted by Crippen LogP contribution is 2.32. The SMILES string of the molecule is Cc1cccc(C=C2SC(=O)N(CN3CCCCC3)C2=O)c1. The highest BCUT2D eigenvalue weighted by Gasteiger charge is 2.36. The number of piperidine rings is 1. The van der Waals surface area contributed by atoms with E-state index in [4.69, 9.17) is 0 Å². The second-order valence-corrected chi connectivity index (χ2v) is 6.84. The maximum atomic E-state index is 12.5. The van der Waals surface area contributed by atoms with Gasteiger partial charge in [0, 0.05) is 0 Å². The highest BCUT2D eigenvalue weighted by molar-refractivity contribution is 8.18.